The fraction of sp³-hybridized carbons (Fsp3) is 0.143. The molecule has 1 aromatic carbocycles. The second-order valence-electron chi connectivity index (χ2n) is 2.58. The van der Waals surface area contributed by atoms with Crippen LogP contribution in [0.15, 0.2) is 22.7 Å². The van der Waals surface area contributed by atoms with E-state index >= 15 is 0 Å². The minimum absolute atomic E-state index is 0.616. The number of fused-ring (bicyclic) bond motifs is 1. The van der Waals surface area contributed by atoms with E-state index in [1.54, 1.807) is 18.2 Å². The van der Waals surface area contributed by atoms with Crippen molar-refractivity contribution in [3.63, 3.8) is 0 Å². The summed E-state index contributed by atoms with van der Waals surface area (Å²) in [5.74, 6) is 0. The molecule has 0 aromatic heterocycles. The van der Waals surface area contributed by atoms with Crippen LogP contribution in [-0.4, -0.2) is 17.2 Å². The molecular weight excluding hydrogens is 223 g/mol. The Labute approximate surface area is 78.3 Å². The molecule has 2 rings (SSSR count). The van der Waals surface area contributed by atoms with E-state index in [9.17, 15) is 10.1 Å². The van der Waals surface area contributed by atoms with Gasteiger partial charge in [-0.15, -0.1) is 0 Å². The maximum Gasteiger partial charge on any atom is 0.493 e. The normalized spacial score (nSPS) is 21.2. The minimum atomic E-state index is -1.02. The Bertz CT molecular complexity index is 318. The lowest BCUT2D eigenvalue weighted by Crippen LogP contribution is -2.27. The molecule has 0 bridgehead atoms. The molecule has 1 aliphatic heterocycles. The largest absolute Gasteiger partial charge is 0.493 e. The SMILES string of the molecule is OB1OC(O)c2c(Br)cccc21. The van der Waals surface area contributed by atoms with E-state index in [0.29, 0.717) is 11.0 Å². The van der Waals surface area contributed by atoms with Gasteiger partial charge in [0, 0.05) is 10.0 Å². The van der Waals surface area contributed by atoms with Crippen molar-refractivity contribution in [2.45, 2.75) is 6.29 Å². The predicted molar refractivity (Wildman–Crippen MR) is 47.8 cm³/mol. The summed E-state index contributed by atoms with van der Waals surface area (Å²) in [5, 5.41) is 18.6. The van der Waals surface area contributed by atoms with E-state index in [1.807, 2.05) is 0 Å². The van der Waals surface area contributed by atoms with Crippen LogP contribution in [0, 0.1) is 0 Å². The molecule has 1 aromatic rings. The van der Waals surface area contributed by atoms with E-state index < -0.39 is 13.4 Å². The van der Waals surface area contributed by atoms with Gasteiger partial charge in [0.1, 0.15) is 0 Å². The van der Waals surface area contributed by atoms with Crippen molar-refractivity contribution in [2.75, 3.05) is 0 Å². The Kier molecular flexibility index (Phi) is 1.96. The predicted octanol–water partition coefficient (Wildman–Crippen LogP) is 0.158. The first-order chi connectivity index (χ1) is 5.70. The summed E-state index contributed by atoms with van der Waals surface area (Å²) in [7, 11) is -1.01. The second kappa shape index (κ2) is 2.85. The van der Waals surface area contributed by atoms with Crippen molar-refractivity contribution in [3.05, 3.63) is 28.2 Å². The fourth-order valence-electron chi connectivity index (χ4n) is 1.29. The summed E-state index contributed by atoms with van der Waals surface area (Å²) in [6, 6.07) is 5.30. The zero-order chi connectivity index (χ0) is 8.72. The molecule has 0 spiro atoms. The summed E-state index contributed by atoms with van der Waals surface area (Å²) < 4.78 is 5.55. The molecule has 1 aliphatic rings. The molecule has 0 aliphatic carbocycles. The van der Waals surface area contributed by atoms with Gasteiger partial charge >= 0.3 is 7.12 Å². The van der Waals surface area contributed by atoms with E-state index in [1.165, 1.54) is 0 Å². The summed E-state index contributed by atoms with van der Waals surface area (Å²) >= 11 is 3.26. The number of hydrogen-bond donors (Lipinski definition) is 2. The highest BCUT2D eigenvalue weighted by Crippen LogP contribution is 2.27. The highest BCUT2D eigenvalue weighted by molar-refractivity contribution is 9.10. The van der Waals surface area contributed by atoms with Crippen LogP contribution in [0.5, 0.6) is 0 Å². The Hall–Kier alpha value is -0.355. The molecule has 0 radical (unpaired) electrons. The van der Waals surface area contributed by atoms with Crippen LogP contribution in [0.1, 0.15) is 11.9 Å². The molecule has 1 atom stereocenters. The smallest absolute Gasteiger partial charge is 0.423 e. The van der Waals surface area contributed by atoms with Crippen LogP contribution in [0.4, 0.5) is 0 Å². The molecule has 3 nitrogen and oxygen atoms in total. The Morgan fingerprint density at radius 2 is 2.25 bits per heavy atom. The summed E-state index contributed by atoms with van der Waals surface area (Å²) in [6.07, 6.45) is -1.02. The highest BCUT2D eigenvalue weighted by atomic mass is 79.9. The number of benzene rings is 1. The highest BCUT2D eigenvalue weighted by Gasteiger charge is 2.35. The topological polar surface area (TPSA) is 49.7 Å². The van der Waals surface area contributed by atoms with Crippen LogP contribution in [-0.2, 0) is 4.65 Å². The maximum absolute atomic E-state index is 9.32. The molecule has 0 saturated heterocycles. The standard InChI is InChI=1S/C7H6BBrO3/c9-5-3-1-2-4-6(5)7(10)12-8(4)11/h1-3,7,10-11H. The molecule has 0 saturated carbocycles. The number of halogens is 1. The van der Waals surface area contributed by atoms with E-state index in [2.05, 4.69) is 15.9 Å². The molecule has 0 amide bonds. The van der Waals surface area contributed by atoms with Crippen LogP contribution < -0.4 is 5.46 Å². The van der Waals surface area contributed by atoms with Crippen molar-refractivity contribution >= 4 is 28.5 Å². The molecule has 62 valence electrons. The van der Waals surface area contributed by atoms with Gasteiger partial charge in [-0.2, -0.15) is 0 Å². The number of aliphatic hydroxyl groups excluding tert-OH is 1. The van der Waals surface area contributed by atoms with Crippen LogP contribution >= 0.6 is 15.9 Å². The molecule has 1 unspecified atom stereocenters. The van der Waals surface area contributed by atoms with Crippen molar-refractivity contribution in [2.24, 2.45) is 0 Å². The molecular formula is C7H6BBrO3. The summed E-state index contributed by atoms with van der Waals surface area (Å²) in [4.78, 5) is 0. The van der Waals surface area contributed by atoms with Crippen molar-refractivity contribution in [1.29, 1.82) is 0 Å². The second-order valence-corrected chi connectivity index (χ2v) is 3.44. The lowest BCUT2D eigenvalue weighted by Gasteiger charge is -2.04. The minimum Gasteiger partial charge on any atom is -0.423 e. The molecule has 5 heteroatoms. The zero-order valence-electron chi connectivity index (χ0n) is 6.07. The first-order valence-electron chi connectivity index (χ1n) is 3.50. The third-order valence-corrected chi connectivity index (χ3v) is 2.55. The van der Waals surface area contributed by atoms with Gasteiger partial charge in [-0.3, -0.25) is 0 Å². The number of rotatable bonds is 0. The van der Waals surface area contributed by atoms with Crippen molar-refractivity contribution in [1.82, 2.24) is 0 Å². The molecule has 1 heterocycles. The third-order valence-electron chi connectivity index (χ3n) is 1.86. The average molecular weight is 229 g/mol. The van der Waals surface area contributed by atoms with Gasteiger partial charge in [0.15, 0.2) is 6.29 Å². The molecule has 2 N–H and O–H groups in total. The van der Waals surface area contributed by atoms with Gasteiger partial charge in [0.25, 0.3) is 0 Å². The fourth-order valence-corrected chi connectivity index (χ4v) is 1.87. The third kappa shape index (κ3) is 1.10. The zero-order valence-corrected chi connectivity index (χ0v) is 7.65. The lowest BCUT2D eigenvalue weighted by atomic mass is 9.80. The molecule has 0 fully saturated rings. The van der Waals surface area contributed by atoms with Gasteiger partial charge in [-0.25, -0.2) is 0 Å². The van der Waals surface area contributed by atoms with E-state index in [4.69, 9.17) is 4.65 Å². The van der Waals surface area contributed by atoms with E-state index in [-0.39, 0.29) is 0 Å². The summed E-state index contributed by atoms with van der Waals surface area (Å²) in [5.41, 5.74) is 1.24. The van der Waals surface area contributed by atoms with Gasteiger partial charge < -0.3 is 14.8 Å². The monoisotopic (exact) mass is 228 g/mol. The van der Waals surface area contributed by atoms with Crippen molar-refractivity contribution < 1.29 is 14.8 Å². The maximum atomic E-state index is 9.32. The van der Waals surface area contributed by atoms with Crippen LogP contribution in [0.3, 0.4) is 0 Å². The quantitative estimate of drug-likeness (QED) is 0.622. The number of aliphatic hydroxyl groups is 1. The van der Waals surface area contributed by atoms with Gasteiger partial charge in [0.2, 0.25) is 0 Å². The summed E-state index contributed by atoms with van der Waals surface area (Å²) in [6.45, 7) is 0. The first-order valence-corrected chi connectivity index (χ1v) is 4.29. The Morgan fingerprint density at radius 1 is 1.50 bits per heavy atom. The first kappa shape index (κ1) is 8.25. The Morgan fingerprint density at radius 3 is 2.92 bits per heavy atom. The van der Waals surface area contributed by atoms with E-state index in [0.717, 1.165) is 4.47 Å². The van der Waals surface area contributed by atoms with Crippen LogP contribution in [0.25, 0.3) is 0 Å². The van der Waals surface area contributed by atoms with Gasteiger partial charge in [-0.1, -0.05) is 28.1 Å². The molecule has 12 heavy (non-hydrogen) atoms. The van der Waals surface area contributed by atoms with Crippen molar-refractivity contribution in [3.8, 4) is 0 Å². The van der Waals surface area contributed by atoms with Gasteiger partial charge in [0.05, 0.1) is 0 Å². The van der Waals surface area contributed by atoms with Gasteiger partial charge in [-0.05, 0) is 11.5 Å². The Balaban J connectivity index is 2.59. The lowest BCUT2D eigenvalue weighted by molar-refractivity contribution is -0.0223. The number of hydrogen-bond acceptors (Lipinski definition) is 3. The van der Waals surface area contributed by atoms with Crippen LogP contribution in [0.2, 0.25) is 0 Å². The average Bonchev–Trinajstić information content (AvgIpc) is 2.29.